The molecule has 0 unspecified atom stereocenters. The Morgan fingerprint density at radius 2 is 1.87 bits per heavy atom. The number of carbonyl (C=O) groups excluding carboxylic acids is 1. The summed E-state index contributed by atoms with van der Waals surface area (Å²) in [7, 11) is 0. The summed E-state index contributed by atoms with van der Waals surface area (Å²) in [5, 5.41) is 6.58. The monoisotopic (exact) mass is 413 g/mol. The third-order valence-electron chi connectivity index (χ3n) is 4.12. The molecule has 0 aliphatic rings. The van der Waals surface area contributed by atoms with Crippen molar-refractivity contribution >= 4 is 17.4 Å². The Hall–Kier alpha value is -3.95. The maximum absolute atomic E-state index is 13.1. The van der Waals surface area contributed by atoms with E-state index in [1.165, 1.54) is 12.1 Å². The van der Waals surface area contributed by atoms with Crippen LogP contribution in [0.4, 0.5) is 18.9 Å². The zero-order valence-corrected chi connectivity index (χ0v) is 15.5. The number of alkyl halides is 3. The number of rotatable bonds is 4. The second-order valence-electron chi connectivity index (χ2n) is 6.40. The number of ether oxygens (including phenoxy) is 1. The highest BCUT2D eigenvalue weighted by Gasteiger charge is 2.34. The van der Waals surface area contributed by atoms with Gasteiger partial charge >= 0.3 is 6.18 Å². The van der Waals surface area contributed by atoms with Crippen LogP contribution in [0.15, 0.2) is 60.9 Å². The molecule has 4 aromatic rings. The summed E-state index contributed by atoms with van der Waals surface area (Å²) >= 11 is 0. The first-order valence-electron chi connectivity index (χ1n) is 8.73. The van der Waals surface area contributed by atoms with Gasteiger partial charge in [-0.25, -0.2) is 4.98 Å². The van der Waals surface area contributed by atoms with E-state index in [0.717, 1.165) is 22.5 Å². The van der Waals surface area contributed by atoms with Crippen molar-refractivity contribution in [3.8, 4) is 11.6 Å². The minimum absolute atomic E-state index is 0.193. The smallest absolute Gasteiger partial charge is 0.433 e. The lowest BCUT2D eigenvalue weighted by molar-refractivity contribution is -0.141. The fourth-order valence-electron chi connectivity index (χ4n) is 2.72. The number of hydrogen-bond donors (Lipinski definition) is 1. The molecule has 152 valence electrons. The predicted molar refractivity (Wildman–Crippen MR) is 101 cm³/mol. The van der Waals surface area contributed by atoms with E-state index >= 15 is 0 Å². The lowest BCUT2D eigenvalue weighted by atomic mass is 10.1. The van der Waals surface area contributed by atoms with Crippen molar-refractivity contribution in [2.24, 2.45) is 0 Å². The van der Waals surface area contributed by atoms with Crippen LogP contribution in [0.1, 0.15) is 21.6 Å². The van der Waals surface area contributed by atoms with Crippen molar-refractivity contribution in [1.82, 2.24) is 19.6 Å². The van der Waals surface area contributed by atoms with Gasteiger partial charge in [0.2, 0.25) is 5.88 Å². The van der Waals surface area contributed by atoms with Gasteiger partial charge in [-0.15, -0.1) is 0 Å². The van der Waals surface area contributed by atoms with E-state index in [0.29, 0.717) is 11.3 Å². The van der Waals surface area contributed by atoms with Crippen molar-refractivity contribution in [2.45, 2.75) is 13.1 Å². The molecule has 0 atom stereocenters. The number of hydrogen-bond acceptors (Lipinski definition) is 5. The minimum Gasteiger partial charge on any atom is -0.439 e. The third kappa shape index (κ3) is 4.07. The van der Waals surface area contributed by atoms with Crippen LogP contribution in [-0.2, 0) is 6.18 Å². The van der Waals surface area contributed by atoms with Gasteiger partial charge in [-0.05, 0) is 43.3 Å². The summed E-state index contributed by atoms with van der Waals surface area (Å²) in [6.45, 7) is 1.89. The number of amides is 1. The number of aryl methyl sites for hydroxylation is 1. The van der Waals surface area contributed by atoms with Crippen LogP contribution < -0.4 is 10.1 Å². The van der Waals surface area contributed by atoms with E-state index in [1.54, 1.807) is 30.3 Å². The van der Waals surface area contributed by atoms with Crippen LogP contribution in [0.3, 0.4) is 0 Å². The fraction of sp³-hybridized carbons (Fsp3) is 0.100. The van der Waals surface area contributed by atoms with E-state index in [-0.39, 0.29) is 23.3 Å². The Labute approximate surface area is 168 Å². The summed E-state index contributed by atoms with van der Waals surface area (Å²) < 4.78 is 45.8. The maximum atomic E-state index is 13.1. The predicted octanol–water partition coefficient (Wildman–Crippen LogP) is 4.50. The summed E-state index contributed by atoms with van der Waals surface area (Å²) in [6.07, 6.45) is -3.57. The molecule has 30 heavy (non-hydrogen) atoms. The summed E-state index contributed by atoms with van der Waals surface area (Å²) in [5.74, 6) is -0.455. The molecule has 1 N–H and O–H groups in total. The molecule has 0 radical (unpaired) electrons. The van der Waals surface area contributed by atoms with Gasteiger partial charge in [-0.3, -0.25) is 4.79 Å². The fourth-order valence-corrected chi connectivity index (χ4v) is 2.72. The molecule has 7 nitrogen and oxygen atoms in total. The van der Waals surface area contributed by atoms with Gasteiger partial charge in [0.25, 0.3) is 11.7 Å². The number of nitrogens with zero attached hydrogens (tertiary/aromatic N) is 4. The maximum Gasteiger partial charge on any atom is 0.433 e. The largest absolute Gasteiger partial charge is 0.439 e. The molecule has 10 heteroatoms. The summed E-state index contributed by atoms with van der Waals surface area (Å²) in [4.78, 5) is 19.4. The number of aromatic nitrogens is 4. The molecule has 0 saturated heterocycles. The minimum atomic E-state index is -4.66. The van der Waals surface area contributed by atoms with E-state index in [2.05, 4.69) is 20.4 Å². The van der Waals surface area contributed by atoms with Gasteiger partial charge in [0, 0.05) is 17.3 Å². The van der Waals surface area contributed by atoms with Crippen LogP contribution >= 0.6 is 0 Å². The topological polar surface area (TPSA) is 81.4 Å². The molecule has 2 heterocycles. The number of halogens is 3. The molecule has 4 rings (SSSR count). The number of carbonyl (C=O) groups is 1. The van der Waals surface area contributed by atoms with Crippen molar-refractivity contribution in [2.75, 3.05) is 5.32 Å². The van der Waals surface area contributed by atoms with Crippen LogP contribution in [0.25, 0.3) is 5.78 Å². The number of nitrogens with one attached hydrogen (secondary N) is 1. The Morgan fingerprint density at radius 3 is 2.57 bits per heavy atom. The van der Waals surface area contributed by atoms with Crippen molar-refractivity contribution in [1.29, 1.82) is 0 Å². The van der Waals surface area contributed by atoms with Crippen molar-refractivity contribution in [3.05, 3.63) is 77.7 Å². The normalized spacial score (nSPS) is 11.5. The zero-order chi connectivity index (χ0) is 21.3. The molecule has 2 aromatic carbocycles. The van der Waals surface area contributed by atoms with E-state index in [4.69, 9.17) is 4.74 Å². The molecule has 0 saturated carbocycles. The second kappa shape index (κ2) is 7.47. The molecule has 0 bridgehead atoms. The van der Waals surface area contributed by atoms with Gasteiger partial charge in [0.1, 0.15) is 12.1 Å². The first-order valence-corrected chi connectivity index (χ1v) is 8.73. The molecular formula is C20H14F3N5O2. The second-order valence-corrected chi connectivity index (χ2v) is 6.40. The highest BCUT2D eigenvalue weighted by Crippen LogP contribution is 2.32. The SMILES string of the molecule is Cc1cccc(C(=O)Nc2ccc(Oc3cc(C(F)(F)F)nc4ncnn34)cc2)c1. The van der Waals surface area contributed by atoms with Crippen LogP contribution in [0, 0.1) is 6.92 Å². The zero-order valence-electron chi connectivity index (χ0n) is 15.5. The summed E-state index contributed by atoms with van der Waals surface area (Å²) in [6, 6.07) is 14.1. The first-order chi connectivity index (χ1) is 14.3. The lowest BCUT2D eigenvalue weighted by Gasteiger charge is -2.11. The van der Waals surface area contributed by atoms with Crippen LogP contribution in [0.5, 0.6) is 11.6 Å². The standard InChI is InChI=1S/C20H14F3N5O2/c1-12-3-2-4-13(9-12)18(29)26-14-5-7-15(8-6-14)30-17-10-16(20(21,22)23)27-19-24-11-25-28(17)19/h2-11H,1H3,(H,26,29). The molecule has 0 spiro atoms. The average molecular weight is 413 g/mol. The number of benzene rings is 2. The Morgan fingerprint density at radius 1 is 1.10 bits per heavy atom. The highest BCUT2D eigenvalue weighted by molar-refractivity contribution is 6.04. The van der Waals surface area contributed by atoms with Gasteiger partial charge in [0.15, 0.2) is 5.69 Å². The number of anilines is 1. The van der Waals surface area contributed by atoms with Gasteiger partial charge in [-0.2, -0.15) is 27.8 Å². The molecule has 1 amide bonds. The van der Waals surface area contributed by atoms with Crippen LogP contribution in [0.2, 0.25) is 0 Å². The molecule has 0 aliphatic carbocycles. The highest BCUT2D eigenvalue weighted by atomic mass is 19.4. The van der Waals surface area contributed by atoms with Crippen molar-refractivity contribution < 1.29 is 22.7 Å². The quantitative estimate of drug-likeness (QED) is 0.533. The van der Waals surface area contributed by atoms with Gasteiger partial charge < -0.3 is 10.1 Å². The Balaban J connectivity index is 1.54. The molecular weight excluding hydrogens is 399 g/mol. The molecule has 0 aliphatic heterocycles. The first kappa shape index (κ1) is 19.4. The Bertz CT molecular complexity index is 1220. The average Bonchev–Trinajstić information content (AvgIpc) is 3.18. The van der Waals surface area contributed by atoms with Gasteiger partial charge in [-0.1, -0.05) is 17.7 Å². The number of fused-ring (bicyclic) bond motifs is 1. The van der Waals surface area contributed by atoms with E-state index in [1.807, 2.05) is 13.0 Å². The third-order valence-corrected chi connectivity index (χ3v) is 4.12. The molecule has 2 aromatic heterocycles. The van der Waals surface area contributed by atoms with E-state index in [9.17, 15) is 18.0 Å². The van der Waals surface area contributed by atoms with Crippen LogP contribution in [-0.4, -0.2) is 25.5 Å². The van der Waals surface area contributed by atoms with Gasteiger partial charge in [0.05, 0.1) is 0 Å². The lowest BCUT2D eigenvalue weighted by Crippen LogP contribution is -2.12. The Kier molecular flexibility index (Phi) is 4.82. The van der Waals surface area contributed by atoms with Crippen molar-refractivity contribution in [3.63, 3.8) is 0 Å². The summed E-state index contributed by atoms with van der Waals surface area (Å²) in [5.41, 5.74) is 0.840. The molecule has 0 fully saturated rings. The van der Waals surface area contributed by atoms with E-state index < -0.39 is 11.9 Å².